The Morgan fingerprint density at radius 1 is 1.29 bits per heavy atom. The Morgan fingerprint density at radius 2 is 2.10 bits per heavy atom. The summed E-state index contributed by atoms with van der Waals surface area (Å²) in [5.74, 6) is 1.62. The minimum absolute atomic E-state index is 0.489. The Labute approximate surface area is 125 Å². The average molecular weight is 286 g/mol. The van der Waals surface area contributed by atoms with Gasteiger partial charge in [0.1, 0.15) is 5.76 Å². The highest BCUT2D eigenvalue weighted by molar-refractivity contribution is 5.58. The lowest BCUT2D eigenvalue weighted by Crippen LogP contribution is -2.31. The molecule has 1 fully saturated rings. The highest BCUT2D eigenvalue weighted by Gasteiger charge is 2.22. The standard InChI is InChI=1S/C17H22N2O2/c1-12-6-4-5-7-15(12)17-18-16(13(2)21-17)10-19(3)14-8-9-20-11-14/h4-7,14H,8-11H2,1-3H3. The number of hydrogen-bond donors (Lipinski definition) is 0. The van der Waals surface area contributed by atoms with E-state index in [-0.39, 0.29) is 0 Å². The van der Waals surface area contributed by atoms with Gasteiger partial charge in [0.25, 0.3) is 0 Å². The van der Waals surface area contributed by atoms with Gasteiger partial charge in [0, 0.05) is 24.8 Å². The quantitative estimate of drug-likeness (QED) is 0.865. The minimum atomic E-state index is 0.489. The van der Waals surface area contributed by atoms with Crippen molar-refractivity contribution in [3.05, 3.63) is 41.3 Å². The molecule has 0 amide bonds. The summed E-state index contributed by atoms with van der Waals surface area (Å²) in [7, 11) is 2.13. The maximum absolute atomic E-state index is 5.88. The number of rotatable bonds is 4. The number of oxazole rings is 1. The van der Waals surface area contributed by atoms with Gasteiger partial charge in [-0.3, -0.25) is 4.90 Å². The van der Waals surface area contributed by atoms with Gasteiger partial charge in [-0.15, -0.1) is 0 Å². The second-order valence-corrected chi connectivity index (χ2v) is 5.77. The van der Waals surface area contributed by atoms with Gasteiger partial charge in [0.05, 0.1) is 12.3 Å². The number of aromatic nitrogens is 1. The molecule has 4 heteroatoms. The van der Waals surface area contributed by atoms with E-state index < -0.39 is 0 Å². The summed E-state index contributed by atoms with van der Waals surface area (Å²) in [6.07, 6.45) is 1.10. The summed E-state index contributed by atoms with van der Waals surface area (Å²) >= 11 is 0. The molecule has 1 aliphatic rings. The number of ether oxygens (including phenoxy) is 1. The number of nitrogens with zero attached hydrogens (tertiary/aromatic N) is 2. The van der Waals surface area contributed by atoms with Crippen molar-refractivity contribution in [2.75, 3.05) is 20.3 Å². The summed E-state index contributed by atoms with van der Waals surface area (Å²) in [6.45, 7) is 6.55. The second kappa shape index (κ2) is 6.00. The van der Waals surface area contributed by atoms with Crippen molar-refractivity contribution in [1.29, 1.82) is 0 Å². The van der Waals surface area contributed by atoms with E-state index in [4.69, 9.17) is 14.1 Å². The summed E-state index contributed by atoms with van der Waals surface area (Å²) < 4.78 is 11.3. The van der Waals surface area contributed by atoms with Crippen LogP contribution in [0.2, 0.25) is 0 Å². The molecule has 4 nitrogen and oxygen atoms in total. The van der Waals surface area contributed by atoms with Crippen LogP contribution in [-0.4, -0.2) is 36.2 Å². The van der Waals surface area contributed by atoms with E-state index in [2.05, 4.69) is 31.0 Å². The van der Waals surface area contributed by atoms with Crippen LogP contribution >= 0.6 is 0 Å². The Hall–Kier alpha value is -1.65. The molecule has 2 heterocycles. The fraction of sp³-hybridized carbons (Fsp3) is 0.471. The van der Waals surface area contributed by atoms with Crippen molar-refractivity contribution in [3.8, 4) is 11.5 Å². The first-order chi connectivity index (χ1) is 10.1. The highest BCUT2D eigenvalue weighted by Crippen LogP contribution is 2.25. The van der Waals surface area contributed by atoms with E-state index in [1.807, 2.05) is 19.1 Å². The van der Waals surface area contributed by atoms with E-state index in [9.17, 15) is 0 Å². The Morgan fingerprint density at radius 3 is 2.81 bits per heavy atom. The van der Waals surface area contributed by atoms with Crippen molar-refractivity contribution in [2.45, 2.75) is 32.9 Å². The fourth-order valence-corrected chi connectivity index (χ4v) is 2.74. The summed E-state index contributed by atoms with van der Waals surface area (Å²) in [6, 6.07) is 8.67. The Bertz CT molecular complexity index is 615. The maximum Gasteiger partial charge on any atom is 0.226 e. The molecule has 0 saturated carbocycles. The molecule has 2 aromatic rings. The number of likely N-dealkylation sites (N-methyl/N-ethyl adjacent to an activating group) is 1. The molecule has 0 aliphatic carbocycles. The van der Waals surface area contributed by atoms with E-state index >= 15 is 0 Å². The smallest absolute Gasteiger partial charge is 0.226 e. The molecule has 1 aromatic heterocycles. The van der Waals surface area contributed by atoms with Crippen molar-refractivity contribution < 1.29 is 9.15 Å². The third kappa shape index (κ3) is 3.01. The average Bonchev–Trinajstić information content (AvgIpc) is 3.10. The van der Waals surface area contributed by atoms with E-state index in [1.165, 1.54) is 5.56 Å². The third-order valence-electron chi connectivity index (χ3n) is 4.20. The normalized spacial score (nSPS) is 18.6. The molecule has 1 unspecified atom stereocenters. The van der Waals surface area contributed by atoms with E-state index in [1.54, 1.807) is 0 Å². The van der Waals surface area contributed by atoms with Gasteiger partial charge in [0.15, 0.2) is 0 Å². The predicted octanol–water partition coefficient (Wildman–Crippen LogP) is 3.18. The molecule has 0 N–H and O–H groups in total. The molecule has 112 valence electrons. The molecule has 1 atom stereocenters. The first-order valence-corrected chi connectivity index (χ1v) is 7.45. The maximum atomic E-state index is 5.88. The SMILES string of the molecule is Cc1ccccc1-c1nc(CN(C)C2CCOC2)c(C)o1. The van der Waals surface area contributed by atoms with Crippen LogP contribution in [0.3, 0.4) is 0 Å². The van der Waals surface area contributed by atoms with E-state index in [0.717, 1.165) is 49.1 Å². The van der Waals surface area contributed by atoms with Crippen LogP contribution in [0.1, 0.15) is 23.4 Å². The molecular formula is C17H22N2O2. The van der Waals surface area contributed by atoms with Gasteiger partial charge < -0.3 is 9.15 Å². The zero-order chi connectivity index (χ0) is 14.8. The largest absolute Gasteiger partial charge is 0.441 e. The van der Waals surface area contributed by atoms with Gasteiger partial charge >= 0.3 is 0 Å². The number of benzene rings is 1. The van der Waals surface area contributed by atoms with E-state index in [0.29, 0.717) is 6.04 Å². The highest BCUT2D eigenvalue weighted by atomic mass is 16.5. The summed E-state index contributed by atoms with van der Waals surface area (Å²) in [5, 5.41) is 0. The van der Waals surface area contributed by atoms with Crippen molar-refractivity contribution in [1.82, 2.24) is 9.88 Å². The van der Waals surface area contributed by atoms with Crippen LogP contribution in [0.5, 0.6) is 0 Å². The van der Waals surface area contributed by atoms with Crippen LogP contribution in [0.4, 0.5) is 0 Å². The molecule has 3 rings (SSSR count). The molecule has 1 saturated heterocycles. The molecule has 0 bridgehead atoms. The van der Waals surface area contributed by atoms with Gasteiger partial charge in [0.2, 0.25) is 5.89 Å². The van der Waals surface area contributed by atoms with Crippen LogP contribution in [-0.2, 0) is 11.3 Å². The predicted molar refractivity (Wildman–Crippen MR) is 82.1 cm³/mol. The van der Waals surface area contributed by atoms with Gasteiger partial charge in [-0.25, -0.2) is 4.98 Å². The van der Waals surface area contributed by atoms with Crippen LogP contribution < -0.4 is 0 Å². The van der Waals surface area contributed by atoms with Crippen LogP contribution in [0.25, 0.3) is 11.5 Å². The van der Waals surface area contributed by atoms with Crippen molar-refractivity contribution in [2.24, 2.45) is 0 Å². The van der Waals surface area contributed by atoms with Crippen LogP contribution in [0, 0.1) is 13.8 Å². The second-order valence-electron chi connectivity index (χ2n) is 5.77. The monoisotopic (exact) mass is 286 g/mol. The molecule has 0 spiro atoms. The summed E-state index contributed by atoms with van der Waals surface area (Å²) in [5.41, 5.74) is 3.27. The first-order valence-electron chi connectivity index (χ1n) is 7.45. The lowest BCUT2D eigenvalue weighted by molar-refractivity contribution is 0.155. The topological polar surface area (TPSA) is 38.5 Å². The molecule has 0 radical (unpaired) electrons. The molecular weight excluding hydrogens is 264 g/mol. The Balaban J connectivity index is 1.80. The lowest BCUT2D eigenvalue weighted by atomic mass is 10.1. The molecule has 1 aliphatic heterocycles. The van der Waals surface area contributed by atoms with Gasteiger partial charge in [-0.2, -0.15) is 0 Å². The van der Waals surface area contributed by atoms with Gasteiger partial charge in [-0.05, 0) is 38.9 Å². The lowest BCUT2D eigenvalue weighted by Gasteiger charge is -2.21. The molecule has 21 heavy (non-hydrogen) atoms. The van der Waals surface area contributed by atoms with Gasteiger partial charge in [-0.1, -0.05) is 18.2 Å². The Kier molecular flexibility index (Phi) is 4.08. The van der Waals surface area contributed by atoms with Crippen molar-refractivity contribution in [3.63, 3.8) is 0 Å². The fourth-order valence-electron chi connectivity index (χ4n) is 2.74. The number of hydrogen-bond acceptors (Lipinski definition) is 4. The zero-order valence-corrected chi connectivity index (χ0v) is 12.9. The minimum Gasteiger partial charge on any atom is -0.441 e. The summed E-state index contributed by atoms with van der Waals surface area (Å²) in [4.78, 5) is 7.01. The van der Waals surface area contributed by atoms with Crippen LogP contribution in [0.15, 0.2) is 28.7 Å². The third-order valence-corrected chi connectivity index (χ3v) is 4.20. The molecule has 1 aromatic carbocycles. The first kappa shape index (κ1) is 14.3. The number of aryl methyl sites for hydroxylation is 2. The van der Waals surface area contributed by atoms with Crippen molar-refractivity contribution >= 4 is 0 Å². The zero-order valence-electron chi connectivity index (χ0n) is 12.9.